The molecule has 0 saturated heterocycles. The van der Waals surface area contributed by atoms with Crippen molar-refractivity contribution in [3.63, 3.8) is 0 Å². The highest BCUT2D eigenvalue weighted by atomic mass is 32.2. The number of para-hydroxylation sites is 1. The number of rotatable bonds is 6. The van der Waals surface area contributed by atoms with Gasteiger partial charge in [-0.2, -0.15) is 4.31 Å². The number of fused-ring (bicyclic) bond motifs is 2. The molecule has 0 amide bonds. The van der Waals surface area contributed by atoms with Crippen molar-refractivity contribution in [1.29, 1.82) is 0 Å². The summed E-state index contributed by atoms with van der Waals surface area (Å²) < 4.78 is 42.7. The largest absolute Gasteiger partial charge is 0.373 e. The van der Waals surface area contributed by atoms with Crippen LogP contribution >= 0.6 is 0 Å². The lowest BCUT2D eigenvalue weighted by Crippen LogP contribution is -2.27. The van der Waals surface area contributed by atoms with Crippen LogP contribution in [0.2, 0.25) is 0 Å². The van der Waals surface area contributed by atoms with Crippen molar-refractivity contribution in [2.24, 2.45) is 0 Å². The van der Waals surface area contributed by atoms with Gasteiger partial charge in [0.1, 0.15) is 22.9 Å². The maximum absolute atomic E-state index is 14.8. The van der Waals surface area contributed by atoms with Gasteiger partial charge in [-0.25, -0.2) is 22.8 Å². The molecule has 0 atom stereocenters. The Morgan fingerprint density at radius 1 is 0.943 bits per heavy atom. The summed E-state index contributed by atoms with van der Waals surface area (Å²) in [6.45, 7) is -0.135. The summed E-state index contributed by atoms with van der Waals surface area (Å²) in [6.07, 6.45) is 3.05. The second-order valence-electron chi connectivity index (χ2n) is 8.10. The average molecular weight is 488 g/mol. The van der Waals surface area contributed by atoms with Crippen molar-refractivity contribution in [3.8, 4) is 11.1 Å². The SMILES string of the molecule is CNc1ncnc2ccc(-c3ccc(F)c(CN(C)S(=O)(=O)c4cccc5cccnc45)c3)cc12. The number of nitrogens with zero attached hydrogens (tertiary/aromatic N) is 4. The molecule has 5 aromatic rings. The molecule has 0 radical (unpaired) electrons. The highest BCUT2D eigenvalue weighted by molar-refractivity contribution is 7.89. The van der Waals surface area contributed by atoms with Crippen LogP contribution in [-0.4, -0.2) is 41.8 Å². The highest BCUT2D eigenvalue weighted by Crippen LogP contribution is 2.29. The minimum Gasteiger partial charge on any atom is -0.373 e. The standard InChI is InChI=1S/C26H22FN5O2S/c1-28-26-21-14-19(9-11-23(21)30-16-31-26)18-8-10-22(27)20(13-18)15-32(2)35(33,34)24-7-3-5-17-6-4-12-29-25(17)24/h3-14,16H,15H2,1-2H3,(H,28,30,31). The molecule has 0 aliphatic carbocycles. The van der Waals surface area contributed by atoms with E-state index in [2.05, 4.69) is 20.3 Å². The molecule has 35 heavy (non-hydrogen) atoms. The molecule has 2 aromatic heterocycles. The van der Waals surface area contributed by atoms with E-state index in [4.69, 9.17) is 0 Å². The van der Waals surface area contributed by atoms with Crippen molar-refractivity contribution in [2.45, 2.75) is 11.4 Å². The summed E-state index contributed by atoms with van der Waals surface area (Å²) in [4.78, 5) is 12.9. The summed E-state index contributed by atoms with van der Waals surface area (Å²) >= 11 is 0. The molecule has 176 valence electrons. The quantitative estimate of drug-likeness (QED) is 0.369. The molecule has 3 aromatic carbocycles. The van der Waals surface area contributed by atoms with Crippen molar-refractivity contribution >= 4 is 37.6 Å². The molecule has 2 heterocycles. The van der Waals surface area contributed by atoms with Gasteiger partial charge in [0, 0.05) is 43.2 Å². The highest BCUT2D eigenvalue weighted by Gasteiger charge is 2.25. The molecule has 0 aliphatic rings. The van der Waals surface area contributed by atoms with Gasteiger partial charge < -0.3 is 5.32 Å². The molecule has 1 N–H and O–H groups in total. The van der Waals surface area contributed by atoms with E-state index in [1.54, 1.807) is 49.6 Å². The lowest BCUT2D eigenvalue weighted by atomic mass is 10.0. The Morgan fingerprint density at radius 2 is 1.71 bits per heavy atom. The number of nitrogens with one attached hydrogen (secondary N) is 1. The van der Waals surface area contributed by atoms with Gasteiger partial charge >= 0.3 is 0 Å². The molecule has 7 nitrogen and oxygen atoms in total. The van der Waals surface area contributed by atoms with E-state index >= 15 is 0 Å². The summed E-state index contributed by atoms with van der Waals surface area (Å²) in [5.41, 5.74) is 3.03. The fourth-order valence-electron chi connectivity index (χ4n) is 4.09. The van der Waals surface area contributed by atoms with E-state index in [9.17, 15) is 12.8 Å². The van der Waals surface area contributed by atoms with Crippen molar-refractivity contribution < 1.29 is 12.8 Å². The summed E-state index contributed by atoms with van der Waals surface area (Å²) in [6, 6.07) is 19.0. The van der Waals surface area contributed by atoms with Crippen molar-refractivity contribution in [1.82, 2.24) is 19.3 Å². The fourth-order valence-corrected chi connectivity index (χ4v) is 5.40. The van der Waals surface area contributed by atoms with Gasteiger partial charge in [-0.1, -0.05) is 30.3 Å². The number of aromatic nitrogens is 3. The first kappa shape index (κ1) is 22.8. The van der Waals surface area contributed by atoms with Crippen LogP contribution in [0.25, 0.3) is 32.9 Å². The van der Waals surface area contributed by atoms with E-state index in [-0.39, 0.29) is 17.0 Å². The third kappa shape index (κ3) is 4.20. The Balaban J connectivity index is 1.50. The fraction of sp³-hybridized carbons (Fsp3) is 0.115. The number of pyridine rings is 1. The molecule has 0 saturated carbocycles. The molecule has 9 heteroatoms. The zero-order chi connectivity index (χ0) is 24.6. The molecular formula is C26H22FN5O2S. The van der Waals surface area contributed by atoms with Crippen LogP contribution in [-0.2, 0) is 16.6 Å². The Hall–Kier alpha value is -3.95. The molecule has 0 bridgehead atoms. The molecule has 0 spiro atoms. The number of halogens is 1. The van der Waals surface area contributed by atoms with Crippen LogP contribution < -0.4 is 5.32 Å². The molecule has 0 unspecified atom stereocenters. The van der Waals surface area contributed by atoms with Gasteiger partial charge in [-0.15, -0.1) is 0 Å². The van der Waals surface area contributed by atoms with Crippen molar-refractivity contribution in [3.05, 3.63) is 90.6 Å². The normalized spacial score (nSPS) is 11.9. The zero-order valence-electron chi connectivity index (χ0n) is 19.1. The second kappa shape index (κ2) is 9.01. The Bertz CT molecular complexity index is 1670. The van der Waals surface area contributed by atoms with Gasteiger partial charge in [0.15, 0.2) is 0 Å². The van der Waals surface area contributed by atoms with Crippen LogP contribution in [0.4, 0.5) is 10.2 Å². The summed E-state index contributed by atoms with van der Waals surface area (Å²) in [5, 5.41) is 4.60. The third-order valence-electron chi connectivity index (χ3n) is 5.93. The van der Waals surface area contributed by atoms with Crippen LogP contribution in [0.1, 0.15) is 5.56 Å². The molecule has 5 rings (SSSR count). The minimum atomic E-state index is -3.92. The van der Waals surface area contributed by atoms with Crippen LogP contribution in [0.15, 0.2) is 84.1 Å². The van der Waals surface area contributed by atoms with Gasteiger partial charge in [0.05, 0.1) is 11.0 Å². The maximum Gasteiger partial charge on any atom is 0.245 e. The molecule has 0 fully saturated rings. The minimum absolute atomic E-state index is 0.0868. The average Bonchev–Trinajstić information content (AvgIpc) is 2.88. The Morgan fingerprint density at radius 3 is 2.54 bits per heavy atom. The van der Waals surface area contributed by atoms with E-state index in [0.717, 1.165) is 31.7 Å². The predicted octanol–water partition coefficient (Wildman–Crippen LogP) is 4.85. The monoisotopic (exact) mass is 487 g/mol. The Labute approximate surface area is 202 Å². The summed E-state index contributed by atoms with van der Waals surface area (Å²) in [5.74, 6) is 0.209. The van der Waals surface area contributed by atoms with Crippen LogP contribution in [0.3, 0.4) is 0 Å². The van der Waals surface area contributed by atoms with E-state index in [0.29, 0.717) is 11.3 Å². The number of benzene rings is 3. The smallest absolute Gasteiger partial charge is 0.245 e. The molecular weight excluding hydrogens is 465 g/mol. The maximum atomic E-state index is 14.8. The first-order valence-corrected chi connectivity index (χ1v) is 12.3. The topological polar surface area (TPSA) is 88.1 Å². The van der Waals surface area contributed by atoms with Gasteiger partial charge in [0.25, 0.3) is 0 Å². The zero-order valence-corrected chi connectivity index (χ0v) is 19.9. The predicted molar refractivity (Wildman–Crippen MR) is 135 cm³/mol. The summed E-state index contributed by atoms with van der Waals surface area (Å²) in [7, 11) is -0.692. The van der Waals surface area contributed by atoms with Crippen LogP contribution in [0.5, 0.6) is 0 Å². The van der Waals surface area contributed by atoms with E-state index in [1.807, 2.05) is 18.2 Å². The van der Waals surface area contributed by atoms with Gasteiger partial charge in [0.2, 0.25) is 10.0 Å². The number of sulfonamides is 1. The molecule has 0 aliphatic heterocycles. The number of hydrogen-bond acceptors (Lipinski definition) is 6. The first-order chi connectivity index (χ1) is 16.9. The van der Waals surface area contributed by atoms with Crippen LogP contribution in [0, 0.1) is 5.82 Å². The second-order valence-corrected chi connectivity index (χ2v) is 10.1. The van der Waals surface area contributed by atoms with E-state index < -0.39 is 15.8 Å². The first-order valence-electron chi connectivity index (χ1n) is 10.9. The lowest BCUT2D eigenvalue weighted by molar-refractivity contribution is 0.457. The third-order valence-corrected chi connectivity index (χ3v) is 7.76. The number of hydrogen-bond donors (Lipinski definition) is 1. The lowest BCUT2D eigenvalue weighted by Gasteiger charge is -2.19. The van der Waals surface area contributed by atoms with Gasteiger partial charge in [-0.3, -0.25) is 4.98 Å². The van der Waals surface area contributed by atoms with E-state index in [1.165, 1.54) is 25.5 Å². The Kier molecular flexibility index (Phi) is 5.88. The van der Waals surface area contributed by atoms with Crippen molar-refractivity contribution in [2.75, 3.05) is 19.4 Å². The number of anilines is 1. The van der Waals surface area contributed by atoms with Gasteiger partial charge in [-0.05, 0) is 47.5 Å².